The highest BCUT2D eigenvalue weighted by atomic mass is 19.1. The zero-order valence-electron chi connectivity index (χ0n) is 22.2. The Labute approximate surface area is 223 Å². The van der Waals surface area contributed by atoms with E-state index in [-0.39, 0.29) is 19.4 Å². The normalized spacial score (nSPS) is 13.7. The number of hydrogen-bond acceptors (Lipinski definition) is 5. The summed E-state index contributed by atoms with van der Waals surface area (Å²) >= 11 is 0. The molecule has 0 spiro atoms. The second-order valence-electron chi connectivity index (χ2n) is 9.71. The van der Waals surface area contributed by atoms with Gasteiger partial charge in [0.2, 0.25) is 5.91 Å². The maximum atomic E-state index is 13.8. The van der Waals surface area contributed by atoms with Gasteiger partial charge in [-0.25, -0.2) is 13.8 Å². The standard InChI is InChI=1S/C29H39F2N5O2/c1-3-5-9-36-19-34-17-25(36)15-26(32)29(38)35-27(13-22-11-23(30)14-24(31)12-22)28(37)18-33-16-21-8-6-7-20(4-2)10-21/h6-8,10-12,14,17,19,26-28,33,37H,3-5,9,13,15-16,18,32H2,1-2H3,(H,35,38)/t26-,27+,28-/m1/s1. The highest BCUT2D eigenvalue weighted by molar-refractivity contribution is 5.82. The van der Waals surface area contributed by atoms with E-state index < -0.39 is 35.7 Å². The van der Waals surface area contributed by atoms with E-state index in [0.717, 1.165) is 43.1 Å². The van der Waals surface area contributed by atoms with E-state index in [2.05, 4.69) is 41.6 Å². The van der Waals surface area contributed by atoms with Crippen LogP contribution in [0.5, 0.6) is 0 Å². The lowest BCUT2D eigenvalue weighted by Crippen LogP contribution is -2.53. The molecule has 206 valence electrons. The number of carbonyl (C=O) groups is 1. The summed E-state index contributed by atoms with van der Waals surface area (Å²) in [7, 11) is 0. The van der Waals surface area contributed by atoms with Crippen LogP contribution >= 0.6 is 0 Å². The predicted molar refractivity (Wildman–Crippen MR) is 144 cm³/mol. The lowest BCUT2D eigenvalue weighted by molar-refractivity contribution is -0.123. The summed E-state index contributed by atoms with van der Waals surface area (Å²) < 4.78 is 29.6. The molecule has 0 aliphatic heterocycles. The Hall–Kier alpha value is -3.14. The van der Waals surface area contributed by atoms with Crippen LogP contribution in [0.3, 0.4) is 0 Å². The molecule has 1 aromatic heterocycles. The fourth-order valence-corrected chi connectivity index (χ4v) is 4.39. The molecule has 0 saturated heterocycles. The Bertz CT molecular complexity index is 1150. The molecule has 0 aliphatic rings. The quantitative estimate of drug-likeness (QED) is 0.243. The molecule has 3 aromatic rings. The molecule has 2 aromatic carbocycles. The van der Waals surface area contributed by atoms with Crippen molar-refractivity contribution in [2.45, 2.75) is 77.2 Å². The maximum absolute atomic E-state index is 13.8. The minimum absolute atomic E-state index is 0.0374. The number of aliphatic hydroxyl groups excluding tert-OH is 1. The fraction of sp³-hybridized carbons (Fsp3) is 0.448. The first-order chi connectivity index (χ1) is 18.3. The lowest BCUT2D eigenvalue weighted by atomic mass is 9.99. The van der Waals surface area contributed by atoms with Gasteiger partial charge in [-0.1, -0.05) is 44.5 Å². The van der Waals surface area contributed by atoms with Crippen molar-refractivity contribution in [3.8, 4) is 0 Å². The van der Waals surface area contributed by atoms with Crippen LogP contribution in [0.15, 0.2) is 55.0 Å². The van der Waals surface area contributed by atoms with Crippen LogP contribution < -0.4 is 16.4 Å². The van der Waals surface area contributed by atoms with Crippen molar-refractivity contribution in [2.75, 3.05) is 6.54 Å². The smallest absolute Gasteiger partial charge is 0.237 e. The summed E-state index contributed by atoms with van der Waals surface area (Å²) in [6.45, 7) is 5.67. The van der Waals surface area contributed by atoms with Crippen LogP contribution in [-0.2, 0) is 37.1 Å². The Balaban J connectivity index is 1.66. The van der Waals surface area contributed by atoms with E-state index >= 15 is 0 Å². The van der Waals surface area contributed by atoms with Crippen molar-refractivity contribution in [1.82, 2.24) is 20.2 Å². The molecule has 3 rings (SSSR count). The average Bonchev–Trinajstić information content (AvgIpc) is 3.33. The summed E-state index contributed by atoms with van der Waals surface area (Å²) in [6.07, 6.45) is 5.65. The number of nitrogens with zero attached hydrogens (tertiary/aromatic N) is 2. The molecule has 0 saturated carbocycles. The summed E-state index contributed by atoms with van der Waals surface area (Å²) in [6, 6.07) is 9.64. The van der Waals surface area contributed by atoms with Gasteiger partial charge in [0.05, 0.1) is 24.5 Å². The Morgan fingerprint density at radius 1 is 1.08 bits per heavy atom. The van der Waals surface area contributed by atoms with Gasteiger partial charge in [-0.3, -0.25) is 4.79 Å². The van der Waals surface area contributed by atoms with Crippen molar-refractivity contribution in [2.24, 2.45) is 5.73 Å². The number of unbranched alkanes of at least 4 members (excludes halogenated alkanes) is 1. The van der Waals surface area contributed by atoms with Gasteiger partial charge in [-0.15, -0.1) is 0 Å². The highest BCUT2D eigenvalue weighted by Crippen LogP contribution is 2.13. The number of imidazole rings is 1. The molecular formula is C29H39F2N5O2. The third-order valence-electron chi connectivity index (χ3n) is 6.57. The van der Waals surface area contributed by atoms with E-state index in [1.807, 2.05) is 16.7 Å². The van der Waals surface area contributed by atoms with E-state index in [1.165, 1.54) is 17.7 Å². The van der Waals surface area contributed by atoms with E-state index in [9.17, 15) is 18.7 Å². The van der Waals surface area contributed by atoms with E-state index in [0.29, 0.717) is 12.1 Å². The molecule has 1 heterocycles. The third-order valence-corrected chi connectivity index (χ3v) is 6.57. The van der Waals surface area contributed by atoms with Crippen molar-refractivity contribution >= 4 is 5.91 Å². The number of nitrogens with one attached hydrogen (secondary N) is 2. The molecule has 38 heavy (non-hydrogen) atoms. The summed E-state index contributed by atoms with van der Waals surface area (Å²) in [5.41, 5.74) is 9.70. The number of aliphatic hydroxyl groups is 1. The van der Waals surface area contributed by atoms with Crippen LogP contribution in [-0.4, -0.2) is 45.3 Å². The number of amides is 1. The number of nitrogens with two attached hydrogens (primary N) is 1. The van der Waals surface area contributed by atoms with Crippen molar-refractivity contribution in [3.63, 3.8) is 0 Å². The first-order valence-electron chi connectivity index (χ1n) is 13.3. The van der Waals surface area contributed by atoms with Crippen LogP contribution in [0, 0.1) is 11.6 Å². The number of aromatic nitrogens is 2. The van der Waals surface area contributed by atoms with Gasteiger partial charge < -0.3 is 26.0 Å². The lowest BCUT2D eigenvalue weighted by Gasteiger charge is -2.26. The van der Waals surface area contributed by atoms with Crippen molar-refractivity contribution in [3.05, 3.63) is 89.0 Å². The SMILES string of the molecule is CCCCn1cncc1C[C@@H](N)C(=O)N[C@@H](Cc1cc(F)cc(F)c1)[C@H](O)CNCc1cccc(CC)c1. The highest BCUT2D eigenvalue weighted by Gasteiger charge is 2.25. The number of halogens is 2. The molecule has 1 amide bonds. The van der Waals surface area contributed by atoms with E-state index in [4.69, 9.17) is 5.73 Å². The molecule has 5 N–H and O–H groups in total. The largest absolute Gasteiger partial charge is 0.390 e. The van der Waals surface area contributed by atoms with Gasteiger partial charge in [-0.05, 0) is 48.1 Å². The van der Waals surface area contributed by atoms with Gasteiger partial charge in [0, 0.05) is 44.0 Å². The van der Waals surface area contributed by atoms with E-state index in [1.54, 1.807) is 12.5 Å². The number of carbonyl (C=O) groups excluding carboxylic acids is 1. The Morgan fingerprint density at radius 2 is 1.82 bits per heavy atom. The van der Waals surface area contributed by atoms with Crippen molar-refractivity contribution < 1.29 is 18.7 Å². The van der Waals surface area contributed by atoms with Gasteiger partial charge in [0.25, 0.3) is 0 Å². The summed E-state index contributed by atoms with van der Waals surface area (Å²) in [4.78, 5) is 17.2. The minimum atomic E-state index is -1.03. The van der Waals surface area contributed by atoms with Crippen LogP contribution in [0.25, 0.3) is 0 Å². The van der Waals surface area contributed by atoms with Crippen molar-refractivity contribution in [1.29, 1.82) is 0 Å². The molecule has 3 atom stereocenters. The zero-order chi connectivity index (χ0) is 27.5. The predicted octanol–water partition coefficient (Wildman–Crippen LogP) is 3.27. The van der Waals surface area contributed by atoms with Crippen LogP contribution in [0.4, 0.5) is 8.78 Å². The van der Waals surface area contributed by atoms with Crippen LogP contribution in [0.1, 0.15) is 49.1 Å². The molecule has 0 radical (unpaired) electrons. The zero-order valence-corrected chi connectivity index (χ0v) is 22.2. The first kappa shape index (κ1) is 29.4. The molecule has 7 nitrogen and oxygen atoms in total. The van der Waals surface area contributed by atoms with Gasteiger partial charge in [-0.2, -0.15) is 0 Å². The number of hydrogen-bond donors (Lipinski definition) is 4. The maximum Gasteiger partial charge on any atom is 0.237 e. The molecule has 0 bridgehead atoms. The summed E-state index contributed by atoms with van der Waals surface area (Å²) in [5, 5.41) is 17.0. The molecule has 0 aliphatic carbocycles. The monoisotopic (exact) mass is 527 g/mol. The molecular weight excluding hydrogens is 488 g/mol. The summed E-state index contributed by atoms with van der Waals surface area (Å²) in [5.74, 6) is -1.89. The number of benzene rings is 2. The topological polar surface area (TPSA) is 105 Å². The molecule has 9 heteroatoms. The number of rotatable bonds is 15. The second-order valence-corrected chi connectivity index (χ2v) is 9.71. The minimum Gasteiger partial charge on any atom is -0.390 e. The first-order valence-corrected chi connectivity index (χ1v) is 13.3. The van der Waals surface area contributed by atoms with Gasteiger partial charge in [0.15, 0.2) is 0 Å². The van der Waals surface area contributed by atoms with Crippen LogP contribution in [0.2, 0.25) is 0 Å². The van der Waals surface area contributed by atoms with Gasteiger partial charge in [0.1, 0.15) is 11.6 Å². The fourth-order valence-electron chi connectivity index (χ4n) is 4.39. The number of aryl methyl sites for hydroxylation is 2. The third kappa shape index (κ3) is 9.01. The van der Waals surface area contributed by atoms with Gasteiger partial charge >= 0.3 is 0 Å². The second kappa shape index (κ2) is 14.7. The Kier molecular flexibility index (Phi) is 11.4. The average molecular weight is 528 g/mol. The molecule has 0 unspecified atom stereocenters. The Morgan fingerprint density at radius 3 is 2.53 bits per heavy atom. The molecule has 0 fully saturated rings.